The summed E-state index contributed by atoms with van der Waals surface area (Å²) in [5.41, 5.74) is 1.13. The molecule has 2 nitrogen and oxygen atoms in total. The Balaban J connectivity index is 0.000000640. The van der Waals surface area contributed by atoms with Crippen molar-refractivity contribution in [3.8, 4) is 0 Å². The molecule has 3 heteroatoms. The number of rotatable bonds is 1. The highest BCUT2D eigenvalue weighted by Crippen LogP contribution is 1.94. The van der Waals surface area contributed by atoms with Crippen LogP contribution < -0.4 is 22.3 Å². The van der Waals surface area contributed by atoms with Crippen LogP contribution in [0.1, 0.15) is 20.3 Å². The summed E-state index contributed by atoms with van der Waals surface area (Å²) in [7, 11) is 0. The zero-order valence-corrected chi connectivity index (χ0v) is 7.27. The summed E-state index contributed by atoms with van der Waals surface area (Å²) >= 11 is 0. The van der Waals surface area contributed by atoms with E-state index in [9.17, 15) is 0 Å². The average molecular weight is 191 g/mol. The van der Waals surface area contributed by atoms with Crippen molar-refractivity contribution in [1.29, 1.82) is 0 Å². The fourth-order valence-corrected chi connectivity index (χ4v) is 0.715. The second-order valence-corrected chi connectivity index (χ2v) is 1.93. The Morgan fingerprint density at radius 1 is 1.67 bits per heavy atom. The zero-order valence-electron chi connectivity index (χ0n) is 5.69. The Morgan fingerprint density at radius 3 is 2.56 bits per heavy atom. The van der Waals surface area contributed by atoms with Crippen molar-refractivity contribution in [2.45, 2.75) is 20.3 Å². The first-order chi connectivity index (χ1) is 3.83. The molecule has 1 rings (SSSR count). The van der Waals surface area contributed by atoms with Gasteiger partial charge in [-0.2, -0.15) is 4.99 Å². The summed E-state index contributed by atoms with van der Waals surface area (Å²) in [4.78, 5) is 4.23. The number of allylic oxidation sites excluding steroid dienone is 1. The summed E-state index contributed by atoms with van der Waals surface area (Å²) in [5, 5.41) is 2.06. The summed E-state index contributed by atoms with van der Waals surface area (Å²) < 4.78 is 0. The molecule has 0 amide bonds. The fourth-order valence-electron chi connectivity index (χ4n) is 0.715. The van der Waals surface area contributed by atoms with E-state index < -0.39 is 0 Å². The molecule has 9 heavy (non-hydrogen) atoms. The minimum Gasteiger partial charge on any atom is -1.00 e. The third-order valence-electron chi connectivity index (χ3n) is 1.20. The van der Waals surface area contributed by atoms with Crippen LogP contribution in [0.3, 0.4) is 0 Å². The first-order valence-corrected chi connectivity index (χ1v) is 2.92. The summed E-state index contributed by atoms with van der Waals surface area (Å²) in [6.45, 7) is 4.13. The maximum absolute atomic E-state index is 4.23. The van der Waals surface area contributed by atoms with Crippen molar-refractivity contribution in [3.63, 3.8) is 0 Å². The van der Waals surface area contributed by atoms with Crippen molar-refractivity contribution in [1.82, 2.24) is 0 Å². The zero-order chi connectivity index (χ0) is 5.98. The molecule has 52 valence electrons. The maximum Gasteiger partial charge on any atom is 0.204 e. The first-order valence-electron chi connectivity index (χ1n) is 2.92. The summed E-state index contributed by atoms with van der Waals surface area (Å²) in [5.74, 6) is 1.20. The number of aliphatic imine (C=N–C) groups is 1. The summed E-state index contributed by atoms with van der Waals surface area (Å²) in [6, 6.07) is 0. The Kier molecular flexibility index (Phi) is 3.73. The van der Waals surface area contributed by atoms with Gasteiger partial charge in [0, 0.05) is 6.42 Å². The maximum atomic E-state index is 4.23. The SMILES string of the molecule is CCC1=NC(C)=C[NH2+]1.[Br-]. The van der Waals surface area contributed by atoms with Gasteiger partial charge in [0.1, 0.15) is 6.20 Å². The minimum atomic E-state index is 0. The van der Waals surface area contributed by atoms with E-state index in [1.54, 1.807) is 0 Å². The highest BCUT2D eigenvalue weighted by Gasteiger charge is 2.05. The monoisotopic (exact) mass is 190 g/mol. The number of nitrogens with zero attached hydrogens (tertiary/aromatic N) is 1. The smallest absolute Gasteiger partial charge is 0.204 e. The van der Waals surface area contributed by atoms with Crippen molar-refractivity contribution in [2.24, 2.45) is 4.99 Å². The van der Waals surface area contributed by atoms with Gasteiger partial charge in [-0.05, 0) is 6.92 Å². The Labute approximate surface area is 65.8 Å². The van der Waals surface area contributed by atoms with E-state index in [-0.39, 0.29) is 17.0 Å². The van der Waals surface area contributed by atoms with Crippen LogP contribution in [-0.2, 0) is 0 Å². The molecule has 1 aliphatic rings. The third kappa shape index (κ3) is 2.28. The van der Waals surface area contributed by atoms with E-state index in [4.69, 9.17) is 0 Å². The first kappa shape index (κ1) is 8.85. The van der Waals surface area contributed by atoms with Gasteiger partial charge in [0.2, 0.25) is 5.84 Å². The molecule has 1 heterocycles. The Bertz CT molecular complexity index is 149. The largest absolute Gasteiger partial charge is 1.00 e. The number of nitrogens with two attached hydrogens (primary N) is 1. The molecule has 0 radical (unpaired) electrons. The number of amidine groups is 1. The summed E-state index contributed by atoms with van der Waals surface area (Å²) in [6.07, 6.45) is 3.09. The van der Waals surface area contributed by atoms with Gasteiger partial charge in [-0.1, -0.05) is 6.92 Å². The van der Waals surface area contributed by atoms with Crippen LogP contribution in [0.4, 0.5) is 0 Å². The molecule has 0 atom stereocenters. The normalized spacial score (nSPS) is 16.2. The topological polar surface area (TPSA) is 29.0 Å². The Morgan fingerprint density at radius 2 is 2.33 bits per heavy atom. The van der Waals surface area contributed by atoms with Crippen LogP contribution in [-0.4, -0.2) is 5.84 Å². The van der Waals surface area contributed by atoms with E-state index in [1.807, 2.05) is 13.1 Å². The van der Waals surface area contributed by atoms with Gasteiger partial charge in [-0.15, -0.1) is 0 Å². The molecule has 0 saturated carbocycles. The van der Waals surface area contributed by atoms with Crippen molar-refractivity contribution in [2.75, 3.05) is 0 Å². The number of hydrogen-bond acceptors (Lipinski definition) is 1. The molecule has 0 fully saturated rings. The number of quaternary nitrogens is 1. The van der Waals surface area contributed by atoms with E-state index in [0.29, 0.717) is 0 Å². The molecule has 0 aromatic heterocycles. The van der Waals surface area contributed by atoms with Crippen LogP contribution in [0.15, 0.2) is 16.9 Å². The van der Waals surface area contributed by atoms with E-state index in [2.05, 4.69) is 17.2 Å². The molecule has 0 aromatic carbocycles. The lowest BCUT2D eigenvalue weighted by molar-refractivity contribution is -0.460. The van der Waals surface area contributed by atoms with Crippen LogP contribution >= 0.6 is 0 Å². The molecular formula is C6H11BrN2. The highest BCUT2D eigenvalue weighted by molar-refractivity contribution is 5.74. The predicted molar refractivity (Wildman–Crippen MR) is 33.4 cm³/mol. The van der Waals surface area contributed by atoms with Crippen molar-refractivity contribution < 1.29 is 22.3 Å². The molecule has 0 unspecified atom stereocenters. The van der Waals surface area contributed by atoms with Crippen LogP contribution in [0.2, 0.25) is 0 Å². The third-order valence-corrected chi connectivity index (χ3v) is 1.20. The second kappa shape index (κ2) is 3.80. The van der Waals surface area contributed by atoms with Gasteiger partial charge in [0.15, 0.2) is 0 Å². The molecule has 1 aliphatic heterocycles. The lowest BCUT2D eigenvalue weighted by Crippen LogP contribution is -3.00. The Hall–Kier alpha value is -0.150. The molecule has 2 N–H and O–H groups in total. The molecule has 0 aliphatic carbocycles. The van der Waals surface area contributed by atoms with E-state index in [0.717, 1.165) is 12.1 Å². The predicted octanol–water partition coefficient (Wildman–Crippen LogP) is -2.76. The average Bonchev–Trinajstić information content (AvgIpc) is 2.14. The molecule has 0 saturated heterocycles. The van der Waals surface area contributed by atoms with Crippen LogP contribution in [0.5, 0.6) is 0 Å². The van der Waals surface area contributed by atoms with Gasteiger partial charge < -0.3 is 17.0 Å². The molecular weight excluding hydrogens is 180 g/mol. The standard InChI is InChI=1S/C6H10N2.BrH/c1-3-6-7-4-5(2)8-6;/h4H,3H2,1-2H3,(H,7,8);1H. The van der Waals surface area contributed by atoms with Gasteiger partial charge in [-0.3, -0.25) is 5.32 Å². The molecule has 0 aromatic rings. The second-order valence-electron chi connectivity index (χ2n) is 1.93. The minimum absolute atomic E-state index is 0. The number of halogens is 1. The molecule has 0 spiro atoms. The van der Waals surface area contributed by atoms with E-state index in [1.165, 1.54) is 5.84 Å². The molecule has 0 bridgehead atoms. The van der Waals surface area contributed by atoms with Crippen LogP contribution in [0.25, 0.3) is 0 Å². The van der Waals surface area contributed by atoms with Gasteiger partial charge in [0.05, 0.1) is 5.70 Å². The van der Waals surface area contributed by atoms with Gasteiger partial charge in [0.25, 0.3) is 0 Å². The highest BCUT2D eigenvalue weighted by atomic mass is 79.9. The van der Waals surface area contributed by atoms with Gasteiger partial charge >= 0.3 is 0 Å². The lowest BCUT2D eigenvalue weighted by Gasteiger charge is -1.83. The van der Waals surface area contributed by atoms with E-state index >= 15 is 0 Å². The fraction of sp³-hybridized carbons (Fsp3) is 0.500. The number of hydrogen-bond donors (Lipinski definition) is 1. The lowest BCUT2D eigenvalue weighted by atomic mass is 10.4. The van der Waals surface area contributed by atoms with Crippen molar-refractivity contribution in [3.05, 3.63) is 11.9 Å². The van der Waals surface area contributed by atoms with Gasteiger partial charge in [-0.25, -0.2) is 0 Å². The van der Waals surface area contributed by atoms with Crippen molar-refractivity contribution >= 4 is 5.84 Å². The quantitative estimate of drug-likeness (QED) is 0.465. The van der Waals surface area contributed by atoms with Crippen LogP contribution in [0, 0.1) is 0 Å².